The summed E-state index contributed by atoms with van der Waals surface area (Å²) >= 11 is 0. The van der Waals surface area contributed by atoms with Crippen molar-refractivity contribution in [1.29, 1.82) is 0 Å². The molecule has 30 heavy (non-hydrogen) atoms. The fraction of sp³-hybridized carbons (Fsp3) is 0.667. The second-order valence-electron chi connectivity index (χ2n) is 7.80. The van der Waals surface area contributed by atoms with E-state index in [0.29, 0.717) is 35.8 Å². The van der Waals surface area contributed by atoms with Crippen molar-refractivity contribution in [3.05, 3.63) is 30.3 Å². The van der Waals surface area contributed by atoms with Crippen molar-refractivity contribution >= 4 is 39.8 Å². The first-order valence-electron chi connectivity index (χ1n) is 10.5. The Morgan fingerprint density at radius 3 is 2.43 bits per heavy atom. The first-order chi connectivity index (χ1) is 13.9. The van der Waals surface area contributed by atoms with E-state index in [4.69, 9.17) is 4.74 Å². The lowest BCUT2D eigenvalue weighted by molar-refractivity contribution is 0.0132. The van der Waals surface area contributed by atoms with Crippen LogP contribution in [0.15, 0.2) is 40.2 Å². The van der Waals surface area contributed by atoms with Gasteiger partial charge in [0, 0.05) is 39.3 Å². The average molecular weight is 553 g/mol. The maximum Gasteiger partial charge on any atom is 0.191 e. The maximum absolute atomic E-state index is 12.3. The van der Waals surface area contributed by atoms with Crippen molar-refractivity contribution in [3.63, 3.8) is 0 Å². The van der Waals surface area contributed by atoms with Crippen molar-refractivity contribution < 1.29 is 13.2 Å². The number of hydrogen-bond acceptors (Lipinski definition) is 5. The minimum absolute atomic E-state index is 0. The summed E-state index contributed by atoms with van der Waals surface area (Å²) < 4.78 is 30.2. The molecule has 1 unspecified atom stereocenters. The molecule has 172 valence electrons. The monoisotopic (exact) mass is 552 g/mol. The number of aliphatic imine (C=N–C) groups is 1. The van der Waals surface area contributed by atoms with E-state index in [1.165, 1.54) is 0 Å². The summed E-state index contributed by atoms with van der Waals surface area (Å²) in [5.41, 5.74) is 0. The van der Waals surface area contributed by atoms with Crippen molar-refractivity contribution in [2.45, 2.75) is 37.6 Å². The van der Waals surface area contributed by atoms with E-state index >= 15 is 0 Å². The van der Waals surface area contributed by atoms with Gasteiger partial charge in [-0.1, -0.05) is 32.0 Å². The lowest BCUT2D eigenvalue weighted by Crippen LogP contribution is -2.51. The molecule has 9 heteroatoms. The molecule has 2 rings (SSSR count). The van der Waals surface area contributed by atoms with E-state index in [2.05, 4.69) is 34.4 Å². The van der Waals surface area contributed by atoms with Crippen LogP contribution in [-0.4, -0.2) is 77.5 Å². The van der Waals surface area contributed by atoms with Gasteiger partial charge in [-0.3, -0.25) is 9.89 Å². The second kappa shape index (κ2) is 14.2. The summed E-state index contributed by atoms with van der Waals surface area (Å²) in [6.07, 6.45) is 1.64. The molecule has 0 saturated carbocycles. The predicted molar refractivity (Wildman–Crippen MR) is 134 cm³/mol. The Balaban J connectivity index is 0.00000450. The molecule has 1 aromatic rings. The zero-order valence-corrected chi connectivity index (χ0v) is 21.5. The van der Waals surface area contributed by atoms with Crippen LogP contribution in [0.25, 0.3) is 0 Å². The van der Waals surface area contributed by atoms with E-state index in [1.54, 1.807) is 31.3 Å². The maximum atomic E-state index is 12.3. The first kappa shape index (κ1) is 27.1. The average Bonchev–Trinajstić information content (AvgIpc) is 2.73. The van der Waals surface area contributed by atoms with Gasteiger partial charge < -0.3 is 15.4 Å². The van der Waals surface area contributed by atoms with E-state index in [1.807, 2.05) is 6.07 Å². The number of halogens is 1. The van der Waals surface area contributed by atoms with Crippen LogP contribution in [0.4, 0.5) is 0 Å². The van der Waals surface area contributed by atoms with Crippen molar-refractivity contribution in [2.75, 3.05) is 52.2 Å². The van der Waals surface area contributed by atoms with E-state index in [-0.39, 0.29) is 29.7 Å². The number of morpholine rings is 1. The molecule has 1 fully saturated rings. The Morgan fingerprint density at radius 2 is 1.83 bits per heavy atom. The molecule has 1 heterocycles. The van der Waals surface area contributed by atoms with Crippen molar-refractivity contribution in [3.8, 4) is 0 Å². The number of nitrogens with one attached hydrogen (secondary N) is 2. The molecule has 1 saturated heterocycles. The molecule has 0 bridgehead atoms. The molecule has 0 radical (unpaired) electrons. The Bertz CT molecular complexity index is 723. The highest BCUT2D eigenvalue weighted by molar-refractivity contribution is 14.0. The molecule has 0 amide bonds. The van der Waals surface area contributed by atoms with Crippen LogP contribution < -0.4 is 10.6 Å². The molecule has 1 aromatic carbocycles. The number of hydrogen-bond donors (Lipinski definition) is 2. The summed E-state index contributed by atoms with van der Waals surface area (Å²) in [5.74, 6) is 1.44. The quantitative estimate of drug-likeness (QED) is 0.201. The fourth-order valence-corrected chi connectivity index (χ4v) is 4.83. The summed E-state index contributed by atoms with van der Waals surface area (Å²) in [6, 6.07) is 9.03. The smallest absolute Gasteiger partial charge is 0.191 e. The third-order valence-corrected chi connectivity index (χ3v) is 6.84. The number of ether oxygens (including phenoxy) is 1. The molecular weight excluding hydrogens is 515 g/mol. The van der Waals surface area contributed by atoms with Gasteiger partial charge in [0.05, 0.1) is 23.9 Å². The number of rotatable bonds is 10. The third-order valence-electron chi connectivity index (χ3n) is 5.02. The van der Waals surface area contributed by atoms with Gasteiger partial charge in [0.15, 0.2) is 15.8 Å². The highest BCUT2D eigenvalue weighted by Gasteiger charge is 2.22. The summed E-state index contributed by atoms with van der Waals surface area (Å²) in [4.78, 5) is 7.14. The van der Waals surface area contributed by atoms with Gasteiger partial charge in [-0.25, -0.2) is 8.42 Å². The molecule has 0 spiro atoms. The van der Waals surface area contributed by atoms with Gasteiger partial charge in [-0.05, 0) is 30.9 Å². The number of benzene rings is 1. The Hall–Kier alpha value is -0.910. The van der Waals surface area contributed by atoms with Crippen LogP contribution in [0, 0.1) is 5.92 Å². The summed E-state index contributed by atoms with van der Waals surface area (Å²) in [6.45, 7) is 9.35. The van der Waals surface area contributed by atoms with Gasteiger partial charge in [-0.2, -0.15) is 0 Å². The minimum atomic E-state index is -3.24. The molecule has 1 atom stereocenters. The summed E-state index contributed by atoms with van der Waals surface area (Å²) in [7, 11) is -1.50. The first-order valence-corrected chi connectivity index (χ1v) is 12.1. The predicted octanol–water partition coefficient (Wildman–Crippen LogP) is 2.38. The lowest BCUT2D eigenvalue weighted by atomic mass is 10.0. The van der Waals surface area contributed by atoms with Gasteiger partial charge in [0.25, 0.3) is 0 Å². The zero-order valence-electron chi connectivity index (χ0n) is 18.3. The van der Waals surface area contributed by atoms with Gasteiger partial charge in [0.2, 0.25) is 0 Å². The Kier molecular flexibility index (Phi) is 12.8. The molecule has 2 N–H and O–H groups in total. The summed E-state index contributed by atoms with van der Waals surface area (Å²) in [5, 5.41) is 6.64. The van der Waals surface area contributed by atoms with Crippen molar-refractivity contribution in [2.24, 2.45) is 10.9 Å². The zero-order chi connectivity index (χ0) is 21.1. The minimum Gasteiger partial charge on any atom is -0.379 e. The fourth-order valence-electron chi connectivity index (χ4n) is 3.50. The van der Waals surface area contributed by atoms with Crippen molar-refractivity contribution in [1.82, 2.24) is 15.5 Å². The number of nitrogens with zero attached hydrogens (tertiary/aromatic N) is 2. The van der Waals surface area contributed by atoms with Crippen LogP contribution >= 0.6 is 24.0 Å². The van der Waals surface area contributed by atoms with E-state index in [9.17, 15) is 8.42 Å². The van der Waals surface area contributed by atoms with Crippen LogP contribution in [0.2, 0.25) is 0 Å². The van der Waals surface area contributed by atoms with Gasteiger partial charge in [-0.15, -0.1) is 24.0 Å². The van der Waals surface area contributed by atoms with Crippen LogP contribution in [0.1, 0.15) is 26.7 Å². The van der Waals surface area contributed by atoms with Gasteiger partial charge in [0.1, 0.15) is 0 Å². The number of guanidine groups is 1. The molecule has 7 nitrogen and oxygen atoms in total. The van der Waals surface area contributed by atoms with Crippen LogP contribution in [-0.2, 0) is 14.6 Å². The largest absolute Gasteiger partial charge is 0.379 e. The third kappa shape index (κ3) is 9.49. The Morgan fingerprint density at radius 1 is 1.17 bits per heavy atom. The molecule has 1 aliphatic heterocycles. The van der Waals surface area contributed by atoms with Crippen LogP contribution in [0.5, 0.6) is 0 Å². The second-order valence-corrected chi connectivity index (χ2v) is 9.91. The van der Waals surface area contributed by atoms with E-state index < -0.39 is 9.84 Å². The normalized spacial score (nSPS) is 16.7. The highest BCUT2D eigenvalue weighted by atomic mass is 127. The molecule has 0 aromatic heterocycles. The number of sulfone groups is 1. The molecular formula is C21H37IN4O3S. The van der Waals surface area contributed by atoms with Crippen LogP contribution in [0.3, 0.4) is 0 Å². The van der Waals surface area contributed by atoms with E-state index in [0.717, 1.165) is 39.3 Å². The SMILES string of the molecule is CN=C(NCCCS(=O)(=O)c1ccccc1)NCC(CC(C)C)N1CCOCC1.I. The Labute approximate surface area is 199 Å². The highest BCUT2D eigenvalue weighted by Crippen LogP contribution is 2.13. The van der Waals surface area contributed by atoms with Gasteiger partial charge >= 0.3 is 0 Å². The topological polar surface area (TPSA) is 83.0 Å². The standard InChI is InChI=1S/C21H36N4O3S.HI/c1-18(2)16-19(25-11-13-28-14-12-25)17-24-21(22-3)23-10-7-15-29(26,27)20-8-5-4-6-9-20;/h4-6,8-9,18-19H,7,10-17H2,1-3H3,(H2,22,23,24);1H. The molecule has 0 aliphatic carbocycles. The lowest BCUT2D eigenvalue weighted by Gasteiger charge is -2.35. The molecule has 1 aliphatic rings.